The number of piperidine rings is 1. The number of benzene rings is 2. The zero-order valence-electron chi connectivity index (χ0n) is 14.2. The average molecular weight is 340 g/mol. The third-order valence-corrected chi connectivity index (χ3v) is 4.58. The van der Waals surface area contributed by atoms with Crippen LogP contribution in [0.4, 0.5) is 4.39 Å². The van der Waals surface area contributed by atoms with E-state index in [1.165, 1.54) is 18.2 Å². The highest BCUT2D eigenvalue weighted by Gasteiger charge is 2.25. The van der Waals surface area contributed by atoms with Gasteiger partial charge in [0.2, 0.25) is 0 Å². The molecule has 3 rings (SSSR count). The summed E-state index contributed by atoms with van der Waals surface area (Å²) in [5.41, 5.74) is 2.01. The highest BCUT2D eigenvalue weighted by atomic mass is 19.1. The zero-order chi connectivity index (χ0) is 17.8. The molecular formula is C20H21FN2O2. The maximum absolute atomic E-state index is 13.2. The van der Waals surface area contributed by atoms with Gasteiger partial charge in [-0.2, -0.15) is 0 Å². The summed E-state index contributed by atoms with van der Waals surface area (Å²) in [7, 11) is 0. The SMILES string of the molecule is Cc1ccccc1C(=O)N1CCC(NC(=O)c2cccc(F)c2)CC1. The molecule has 0 saturated carbocycles. The quantitative estimate of drug-likeness (QED) is 0.933. The molecule has 1 saturated heterocycles. The number of halogens is 1. The smallest absolute Gasteiger partial charge is 0.254 e. The van der Waals surface area contributed by atoms with Crippen LogP contribution in [0, 0.1) is 12.7 Å². The normalized spacial score (nSPS) is 15.0. The van der Waals surface area contributed by atoms with Crippen molar-refractivity contribution in [2.45, 2.75) is 25.8 Å². The van der Waals surface area contributed by atoms with Gasteiger partial charge in [0.1, 0.15) is 5.82 Å². The van der Waals surface area contributed by atoms with Gasteiger partial charge in [0, 0.05) is 30.3 Å². The molecule has 1 heterocycles. The number of amides is 2. The Hall–Kier alpha value is -2.69. The fourth-order valence-corrected chi connectivity index (χ4v) is 3.11. The molecule has 1 aliphatic heterocycles. The van der Waals surface area contributed by atoms with E-state index in [1.54, 1.807) is 6.07 Å². The second-order valence-electron chi connectivity index (χ2n) is 6.37. The average Bonchev–Trinajstić information content (AvgIpc) is 2.62. The van der Waals surface area contributed by atoms with Crippen LogP contribution in [0.15, 0.2) is 48.5 Å². The Kier molecular flexibility index (Phi) is 5.12. The van der Waals surface area contributed by atoms with Crippen molar-refractivity contribution in [3.05, 3.63) is 71.0 Å². The van der Waals surface area contributed by atoms with Crippen molar-refractivity contribution >= 4 is 11.8 Å². The topological polar surface area (TPSA) is 49.4 Å². The van der Waals surface area contributed by atoms with Crippen molar-refractivity contribution in [1.82, 2.24) is 10.2 Å². The van der Waals surface area contributed by atoms with Crippen molar-refractivity contribution in [2.75, 3.05) is 13.1 Å². The van der Waals surface area contributed by atoms with Crippen LogP contribution in [0.5, 0.6) is 0 Å². The first-order valence-corrected chi connectivity index (χ1v) is 8.46. The van der Waals surface area contributed by atoms with Gasteiger partial charge in [-0.05, 0) is 49.6 Å². The third-order valence-electron chi connectivity index (χ3n) is 4.58. The Bertz CT molecular complexity index is 783. The van der Waals surface area contributed by atoms with Gasteiger partial charge < -0.3 is 10.2 Å². The largest absolute Gasteiger partial charge is 0.349 e. The number of carbonyl (C=O) groups is 2. The molecule has 5 heteroatoms. The van der Waals surface area contributed by atoms with E-state index >= 15 is 0 Å². The van der Waals surface area contributed by atoms with Crippen molar-refractivity contribution in [2.24, 2.45) is 0 Å². The number of carbonyl (C=O) groups excluding carboxylic acids is 2. The van der Waals surface area contributed by atoms with E-state index in [9.17, 15) is 14.0 Å². The lowest BCUT2D eigenvalue weighted by molar-refractivity contribution is 0.0697. The molecule has 0 spiro atoms. The molecule has 25 heavy (non-hydrogen) atoms. The summed E-state index contributed by atoms with van der Waals surface area (Å²) in [5.74, 6) is -0.664. The molecule has 130 valence electrons. The second kappa shape index (κ2) is 7.47. The van der Waals surface area contributed by atoms with E-state index in [-0.39, 0.29) is 17.9 Å². The zero-order valence-corrected chi connectivity index (χ0v) is 14.2. The molecule has 2 aromatic rings. The first-order valence-electron chi connectivity index (χ1n) is 8.46. The first-order chi connectivity index (χ1) is 12.0. The predicted molar refractivity (Wildman–Crippen MR) is 94.0 cm³/mol. The van der Waals surface area contributed by atoms with Crippen LogP contribution in [0.2, 0.25) is 0 Å². The molecule has 0 atom stereocenters. The molecule has 0 bridgehead atoms. The predicted octanol–water partition coefficient (Wildman–Crippen LogP) is 3.17. The minimum atomic E-state index is -0.425. The summed E-state index contributed by atoms with van der Waals surface area (Å²) in [4.78, 5) is 26.6. The van der Waals surface area contributed by atoms with Gasteiger partial charge in [0.25, 0.3) is 11.8 Å². The molecule has 0 aromatic heterocycles. The summed E-state index contributed by atoms with van der Waals surface area (Å²) < 4.78 is 13.2. The summed E-state index contributed by atoms with van der Waals surface area (Å²) >= 11 is 0. The highest BCUT2D eigenvalue weighted by Crippen LogP contribution is 2.17. The van der Waals surface area contributed by atoms with Crippen LogP contribution in [-0.4, -0.2) is 35.8 Å². The molecule has 2 amide bonds. The van der Waals surface area contributed by atoms with Crippen LogP contribution in [0.1, 0.15) is 39.1 Å². The van der Waals surface area contributed by atoms with E-state index in [2.05, 4.69) is 5.32 Å². The highest BCUT2D eigenvalue weighted by molar-refractivity contribution is 5.96. The lowest BCUT2D eigenvalue weighted by Gasteiger charge is -2.32. The van der Waals surface area contributed by atoms with E-state index < -0.39 is 5.82 Å². The number of rotatable bonds is 3. The number of likely N-dealkylation sites (tertiary alicyclic amines) is 1. The van der Waals surface area contributed by atoms with E-state index in [0.29, 0.717) is 31.5 Å². The maximum atomic E-state index is 13.2. The number of hydrogen-bond acceptors (Lipinski definition) is 2. The molecule has 1 fully saturated rings. The summed E-state index contributed by atoms with van der Waals surface area (Å²) in [5, 5.41) is 2.93. The van der Waals surface area contributed by atoms with Crippen molar-refractivity contribution < 1.29 is 14.0 Å². The minimum Gasteiger partial charge on any atom is -0.349 e. The van der Waals surface area contributed by atoms with Gasteiger partial charge in [-0.1, -0.05) is 24.3 Å². The van der Waals surface area contributed by atoms with E-state index in [0.717, 1.165) is 11.1 Å². The molecule has 0 unspecified atom stereocenters. The second-order valence-corrected chi connectivity index (χ2v) is 6.37. The van der Waals surface area contributed by atoms with Gasteiger partial charge in [0.05, 0.1) is 0 Å². The number of nitrogens with zero attached hydrogens (tertiary/aromatic N) is 1. The summed E-state index contributed by atoms with van der Waals surface area (Å²) in [6.45, 7) is 3.13. The van der Waals surface area contributed by atoms with Gasteiger partial charge in [-0.25, -0.2) is 4.39 Å². The number of hydrogen-bond donors (Lipinski definition) is 1. The van der Waals surface area contributed by atoms with Crippen molar-refractivity contribution in [3.8, 4) is 0 Å². The van der Waals surface area contributed by atoms with E-state index in [4.69, 9.17) is 0 Å². The molecule has 0 aliphatic carbocycles. The van der Waals surface area contributed by atoms with Crippen molar-refractivity contribution in [3.63, 3.8) is 0 Å². The van der Waals surface area contributed by atoms with Crippen LogP contribution >= 0.6 is 0 Å². The van der Waals surface area contributed by atoms with Crippen LogP contribution in [0.3, 0.4) is 0 Å². The van der Waals surface area contributed by atoms with Gasteiger partial charge in [-0.3, -0.25) is 9.59 Å². The Balaban J connectivity index is 1.56. The first kappa shape index (κ1) is 17.1. The summed E-state index contributed by atoms with van der Waals surface area (Å²) in [6, 6.07) is 13.2. The van der Waals surface area contributed by atoms with E-state index in [1.807, 2.05) is 36.1 Å². The molecule has 0 radical (unpaired) electrons. The summed E-state index contributed by atoms with van der Waals surface area (Å²) in [6.07, 6.45) is 1.39. The maximum Gasteiger partial charge on any atom is 0.254 e. The van der Waals surface area contributed by atoms with Crippen molar-refractivity contribution in [1.29, 1.82) is 0 Å². The lowest BCUT2D eigenvalue weighted by atomic mass is 10.0. The van der Waals surface area contributed by atoms with Gasteiger partial charge in [0.15, 0.2) is 0 Å². The lowest BCUT2D eigenvalue weighted by Crippen LogP contribution is -2.46. The molecule has 2 aromatic carbocycles. The van der Waals surface area contributed by atoms with Gasteiger partial charge in [-0.15, -0.1) is 0 Å². The Morgan fingerprint density at radius 2 is 1.80 bits per heavy atom. The van der Waals surface area contributed by atoms with Crippen LogP contribution in [-0.2, 0) is 0 Å². The third kappa shape index (κ3) is 4.05. The monoisotopic (exact) mass is 340 g/mol. The van der Waals surface area contributed by atoms with Crippen LogP contribution in [0.25, 0.3) is 0 Å². The standard InChI is InChI=1S/C20H21FN2O2/c1-14-5-2-3-8-18(14)20(25)23-11-9-17(10-12-23)22-19(24)15-6-4-7-16(21)13-15/h2-8,13,17H,9-12H2,1H3,(H,22,24). The Morgan fingerprint density at radius 1 is 1.08 bits per heavy atom. The minimum absolute atomic E-state index is 0.00307. The fourth-order valence-electron chi connectivity index (χ4n) is 3.11. The van der Waals surface area contributed by atoms with Crippen LogP contribution < -0.4 is 5.32 Å². The number of aryl methyl sites for hydroxylation is 1. The molecule has 1 N–H and O–H groups in total. The Morgan fingerprint density at radius 3 is 2.48 bits per heavy atom. The molecule has 4 nitrogen and oxygen atoms in total. The number of nitrogens with one attached hydrogen (secondary N) is 1. The molecular weight excluding hydrogens is 319 g/mol. The fraction of sp³-hybridized carbons (Fsp3) is 0.300. The Labute approximate surface area is 146 Å². The van der Waals surface area contributed by atoms with Gasteiger partial charge >= 0.3 is 0 Å². The molecule has 1 aliphatic rings.